The van der Waals surface area contributed by atoms with Crippen molar-refractivity contribution in [2.75, 3.05) is 5.88 Å². The molecule has 1 aromatic rings. The molecule has 3 nitrogen and oxygen atoms in total. The first-order valence-corrected chi connectivity index (χ1v) is 3.78. The Morgan fingerprint density at radius 1 is 1.82 bits per heavy atom. The third kappa shape index (κ3) is 1.60. The lowest BCUT2D eigenvalue weighted by Gasteiger charge is -1.89. The van der Waals surface area contributed by atoms with E-state index in [0.29, 0.717) is 5.69 Å². The molecule has 0 saturated heterocycles. The molecule has 1 heterocycles. The maximum Gasteiger partial charge on any atom is 0.198 e. The van der Waals surface area contributed by atoms with Gasteiger partial charge in [0.1, 0.15) is 5.69 Å². The molecule has 0 aromatic carbocycles. The molecule has 11 heavy (non-hydrogen) atoms. The van der Waals surface area contributed by atoms with Crippen molar-refractivity contribution in [3.05, 3.63) is 17.5 Å². The van der Waals surface area contributed by atoms with E-state index in [1.54, 1.807) is 17.9 Å². The van der Waals surface area contributed by atoms with E-state index in [9.17, 15) is 4.79 Å². The van der Waals surface area contributed by atoms with Crippen molar-refractivity contribution in [3.8, 4) is 0 Å². The van der Waals surface area contributed by atoms with Crippen LogP contribution in [0.4, 0.5) is 0 Å². The van der Waals surface area contributed by atoms with Gasteiger partial charge in [0.05, 0.1) is 5.88 Å². The molecule has 1 aromatic heterocycles. The number of hydrogen-bond donors (Lipinski definition) is 0. The van der Waals surface area contributed by atoms with E-state index in [-0.39, 0.29) is 11.7 Å². The van der Waals surface area contributed by atoms with Gasteiger partial charge in [-0.1, -0.05) is 0 Å². The summed E-state index contributed by atoms with van der Waals surface area (Å²) >= 11 is 5.37. The van der Waals surface area contributed by atoms with Gasteiger partial charge in [-0.05, 0) is 12.5 Å². The molecule has 0 spiro atoms. The maximum absolute atomic E-state index is 11.0. The van der Waals surface area contributed by atoms with Gasteiger partial charge < -0.3 is 0 Å². The Balaban J connectivity index is 3.03. The van der Waals surface area contributed by atoms with E-state index in [1.165, 1.54) is 0 Å². The first kappa shape index (κ1) is 8.27. The molecule has 0 unspecified atom stereocenters. The van der Waals surface area contributed by atoms with Gasteiger partial charge in [-0.15, -0.1) is 11.6 Å². The van der Waals surface area contributed by atoms with Crippen LogP contribution in [-0.4, -0.2) is 21.4 Å². The van der Waals surface area contributed by atoms with E-state index in [4.69, 9.17) is 11.6 Å². The lowest BCUT2D eigenvalue weighted by molar-refractivity contribution is 0.101. The Hall–Kier alpha value is -0.830. The Morgan fingerprint density at radius 3 is 2.82 bits per heavy atom. The highest BCUT2D eigenvalue weighted by atomic mass is 35.5. The number of alkyl halides is 1. The Bertz CT molecular complexity index is 280. The lowest BCUT2D eigenvalue weighted by atomic mass is 10.2. The lowest BCUT2D eigenvalue weighted by Crippen LogP contribution is -2.03. The summed E-state index contributed by atoms with van der Waals surface area (Å²) in [5.74, 6) is -0.123. The molecule has 0 radical (unpaired) electrons. The molecule has 60 valence electrons. The summed E-state index contributed by atoms with van der Waals surface area (Å²) in [7, 11) is 1.78. The number of hydrogen-bond acceptors (Lipinski definition) is 2. The number of ketones is 1. The Kier molecular flexibility index (Phi) is 2.29. The molecule has 1 rings (SSSR count). The summed E-state index contributed by atoms with van der Waals surface area (Å²) in [5.41, 5.74) is 1.35. The maximum atomic E-state index is 11.0. The molecule has 0 aliphatic rings. The van der Waals surface area contributed by atoms with E-state index in [0.717, 1.165) is 5.56 Å². The zero-order valence-corrected chi connectivity index (χ0v) is 7.22. The summed E-state index contributed by atoms with van der Waals surface area (Å²) in [6, 6.07) is 0. The highest BCUT2D eigenvalue weighted by Gasteiger charge is 2.10. The van der Waals surface area contributed by atoms with Gasteiger partial charge in [-0.3, -0.25) is 9.48 Å². The van der Waals surface area contributed by atoms with Crippen LogP contribution in [-0.2, 0) is 7.05 Å². The van der Waals surface area contributed by atoms with Crippen molar-refractivity contribution in [1.82, 2.24) is 9.78 Å². The van der Waals surface area contributed by atoms with Gasteiger partial charge >= 0.3 is 0 Å². The van der Waals surface area contributed by atoms with Crippen molar-refractivity contribution in [1.29, 1.82) is 0 Å². The van der Waals surface area contributed by atoms with Crippen LogP contribution in [0.5, 0.6) is 0 Å². The third-order valence-corrected chi connectivity index (χ3v) is 1.64. The quantitative estimate of drug-likeness (QED) is 0.496. The van der Waals surface area contributed by atoms with E-state index in [1.807, 2.05) is 6.92 Å². The van der Waals surface area contributed by atoms with Crippen molar-refractivity contribution >= 4 is 17.4 Å². The second-order valence-corrected chi connectivity index (χ2v) is 2.66. The van der Waals surface area contributed by atoms with Crippen molar-refractivity contribution in [3.63, 3.8) is 0 Å². The Morgan fingerprint density at radius 2 is 2.45 bits per heavy atom. The molecular formula is C7H9ClN2O. The zero-order chi connectivity index (χ0) is 8.43. The fourth-order valence-electron chi connectivity index (χ4n) is 0.946. The topological polar surface area (TPSA) is 34.9 Å². The van der Waals surface area contributed by atoms with Gasteiger partial charge in [0.15, 0.2) is 5.78 Å². The SMILES string of the molecule is Cc1cn(C)nc1C(=O)CCl. The van der Waals surface area contributed by atoms with Gasteiger partial charge in [0, 0.05) is 13.2 Å². The summed E-state index contributed by atoms with van der Waals surface area (Å²) in [6.07, 6.45) is 1.79. The van der Waals surface area contributed by atoms with Crippen molar-refractivity contribution < 1.29 is 4.79 Å². The van der Waals surface area contributed by atoms with Crippen LogP contribution in [0.3, 0.4) is 0 Å². The van der Waals surface area contributed by atoms with Crippen LogP contribution >= 0.6 is 11.6 Å². The molecule has 0 amide bonds. The van der Waals surface area contributed by atoms with Gasteiger partial charge in [0.2, 0.25) is 0 Å². The average molecular weight is 173 g/mol. The second-order valence-electron chi connectivity index (χ2n) is 2.39. The van der Waals surface area contributed by atoms with E-state index >= 15 is 0 Å². The van der Waals surface area contributed by atoms with E-state index in [2.05, 4.69) is 5.10 Å². The number of halogens is 1. The molecule has 0 N–H and O–H groups in total. The van der Waals surface area contributed by atoms with Crippen LogP contribution in [0.15, 0.2) is 6.20 Å². The monoisotopic (exact) mass is 172 g/mol. The number of carbonyl (C=O) groups excluding carboxylic acids is 1. The minimum absolute atomic E-state index is 0.00213. The molecule has 0 aliphatic carbocycles. The first-order valence-electron chi connectivity index (χ1n) is 3.24. The Labute approximate surface area is 70.0 Å². The fraction of sp³-hybridized carbons (Fsp3) is 0.429. The second kappa shape index (κ2) is 3.05. The van der Waals surface area contributed by atoms with Crippen LogP contribution in [0.25, 0.3) is 0 Å². The molecule has 0 bridgehead atoms. The predicted molar refractivity (Wildman–Crippen MR) is 43.0 cm³/mol. The largest absolute Gasteiger partial charge is 0.291 e. The normalized spacial score (nSPS) is 10.1. The van der Waals surface area contributed by atoms with Crippen molar-refractivity contribution in [2.24, 2.45) is 7.05 Å². The predicted octanol–water partition coefficient (Wildman–Crippen LogP) is 1.15. The van der Waals surface area contributed by atoms with Crippen LogP contribution in [0.2, 0.25) is 0 Å². The van der Waals surface area contributed by atoms with Crippen LogP contribution in [0.1, 0.15) is 16.1 Å². The number of nitrogens with zero attached hydrogens (tertiary/aromatic N) is 2. The number of aryl methyl sites for hydroxylation is 2. The van der Waals surface area contributed by atoms with Gasteiger partial charge in [-0.25, -0.2) is 0 Å². The standard InChI is InChI=1S/C7H9ClN2O/c1-5-4-10(2)9-7(5)6(11)3-8/h4H,3H2,1-2H3. The summed E-state index contributed by atoms with van der Waals surface area (Å²) in [4.78, 5) is 11.0. The molecular weight excluding hydrogens is 164 g/mol. The zero-order valence-electron chi connectivity index (χ0n) is 6.47. The van der Waals surface area contributed by atoms with Gasteiger partial charge in [-0.2, -0.15) is 5.10 Å². The minimum Gasteiger partial charge on any atom is -0.291 e. The fourth-order valence-corrected chi connectivity index (χ4v) is 1.07. The summed E-state index contributed by atoms with van der Waals surface area (Å²) in [5, 5.41) is 3.96. The molecule has 0 fully saturated rings. The van der Waals surface area contributed by atoms with Gasteiger partial charge in [0.25, 0.3) is 0 Å². The molecule has 0 saturated carbocycles. The molecule has 0 aliphatic heterocycles. The third-order valence-electron chi connectivity index (χ3n) is 1.40. The summed E-state index contributed by atoms with van der Waals surface area (Å²) in [6.45, 7) is 1.84. The molecule has 4 heteroatoms. The molecule has 0 atom stereocenters. The number of Topliss-reactive ketones (excluding diaryl/α,β-unsaturated/α-hetero) is 1. The van der Waals surface area contributed by atoms with Crippen LogP contribution in [0, 0.1) is 6.92 Å². The first-order chi connectivity index (χ1) is 5.15. The average Bonchev–Trinajstić information content (AvgIpc) is 2.28. The van der Waals surface area contributed by atoms with E-state index < -0.39 is 0 Å². The smallest absolute Gasteiger partial charge is 0.198 e. The number of aromatic nitrogens is 2. The number of rotatable bonds is 2. The highest BCUT2D eigenvalue weighted by molar-refractivity contribution is 6.30. The number of carbonyl (C=O) groups is 1. The van der Waals surface area contributed by atoms with Crippen LogP contribution < -0.4 is 0 Å². The summed E-state index contributed by atoms with van der Waals surface area (Å²) < 4.78 is 1.61. The minimum atomic E-state index is -0.121. The van der Waals surface area contributed by atoms with Crippen molar-refractivity contribution in [2.45, 2.75) is 6.92 Å². The highest BCUT2D eigenvalue weighted by Crippen LogP contribution is 2.05.